The SMILES string of the molecule is CC(C)COc1ccccc1/C=C1/SC(=O)N(CCc2ccccc2)C1=O. The van der Waals surface area contributed by atoms with Gasteiger partial charge in [-0.2, -0.15) is 0 Å². The summed E-state index contributed by atoms with van der Waals surface area (Å²) in [6.45, 7) is 5.16. The van der Waals surface area contributed by atoms with Crippen LogP contribution in [0, 0.1) is 5.92 Å². The summed E-state index contributed by atoms with van der Waals surface area (Å²) in [5, 5.41) is -0.220. The number of rotatable bonds is 7. The van der Waals surface area contributed by atoms with Gasteiger partial charge in [-0.25, -0.2) is 0 Å². The lowest BCUT2D eigenvalue weighted by atomic mass is 10.1. The largest absolute Gasteiger partial charge is 0.493 e. The molecule has 1 aliphatic rings. The van der Waals surface area contributed by atoms with Crippen molar-refractivity contribution in [2.75, 3.05) is 13.2 Å². The number of carbonyl (C=O) groups excluding carboxylic acids is 2. The van der Waals surface area contributed by atoms with E-state index in [1.165, 1.54) is 4.90 Å². The first kappa shape index (κ1) is 19.2. The number of ether oxygens (including phenoxy) is 1. The van der Waals surface area contributed by atoms with E-state index >= 15 is 0 Å². The van der Waals surface area contributed by atoms with E-state index in [9.17, 15) is 9.59 Å². The van der Waals surface area contributed by atoms with E-state index in [-0.39, 0.29) is 11.1 Å². The highest BCUT2D eigenvalue weighted by molar-refractivity contribution is 8.18. The van der Waals surface area contributed by atoms with Gasteiger partial charge in [0, 0.05) is 12.1 Å². The van der Waals surface area contributed by atoms with Crippen LogP contribution in [-0.2, 0) is 11.2 Å². The molecule has 3 rings (SSSR count). The van der Waals surface area contributed by atoms with E-state index in [2.05, 4.69) is 13.8 Å². The Bertz CT molecular complexity index is 846. The molecule has 0 radical (unpaired) electrons. The van der Waals surface area contributed by atoms with E-state index in [0.29, 0.717) is 30.4 Å². The average molecular weight is 381 g/mol. The Labute approximate surface area is 164 Å². The van der Waals surface area contributed by atoms with Crippen molar-refractivity contribution in [1.29, 1.82) is 0 Å². The molecule has 27 heavy (non-hydrogen) atoms. The molecule has 0 aliphatic carbocycles. The second-order valence-corrected chi connectivity index (χ2v) is 7.80. The van der Waals surface area contributed by atoms with Crippen molar-refractivity contribution in [3.05, 3.63) is 70.6 Å². The van der Waals surface area contributed by atoms with E-state index in [4.69, 9.17) is 4.74 Å². The van der Waals surface area contributed by atoms with Gasteiger partial charge in [-0.15, -0.1) is 0 Å². The molecule has 2 aromatic carbocycles. The lowest BCUT2D eigenvalue weighted by molar-refractivity contribution is -0.122. The molecule has 2 amide bonds. The highest BCUT2D eigenvalue weighted by Crippen LogP contribution is 2.34. The molecule has 0 atom stereocenters. The average Bonchev–Trinajstić information content (AvgIpc) is 2.93. The summed E-state index contributed by atoms with van der Waals surface area (Å²) in [5.41, 5.74) is 1.92. The van der Waals surface area contributed by atoms with Gasteiger partial charge in [0.25, 0.3) is 11.1 Å². The minimum Gasteiger partial charge on any atom is -0.493 e. The zero-order valence-corrected chi connectivity index (χ0v) is 16.4. The lowest BCUT2D eigenvalue weighted by Crippen LogP contribution is -2.30. The fourth-order valence-corrected chi connectivity index (χ4v) is 3.56. The molecule has 0 spiro atoms. The number of hydrogen-bond acceptors (Lipinski definition) is 4. The van der Waals surface area contributed by atoms with Crippen molar-refractivity contribution in [2.24, 2.45) is 5.92 Å². The smallest absolute Gasteiger partial charge is 0.293 e. The molecular weight excluding hydrogens is 358 g/mol. The van der Waals surface area contributed by atoms with Crippen LogP contribution in [0.15, 0.2) is 59.5 Å². The van der Waals surface area contributed by atoms with Crippen LogP contribution >= 0.6 is 11.8 Å². The van der Waals surface area contributed by atoms with E-state index < -0.39 is 0 Å². The van der Waals surface area contributed by atoms with Gasteiger partial charge in [0.05, 0.1) is 11.5 Å². The van der Waals surface area contributed by atoms with Gasteiger partial charge in [0.15, 0.2) is 0 Å². The Morgan fingerprint density at radius 2 is 1.74 bits per heavy atom. The standard InChI is InChI=1S/C22H23NO3S/c1-16(2)15-26-19-11-7-6-10-18(19)14-20-21(24)23(22(25)27-20)13-12-17-8-4-3-5-9-17/h3-11,14,16H,12-13,15H2,1-2H3/b20-14+. The number of para-hydroxylation sites is 1. The van der Waals surface area contributed by atoms with E-state index in [0.717, 1.165) is 28.6 Å². The van der Waals surface area contributed by atoms with Crippen LogP contribution in [-0.4, -0.2) is 29.2 Å². The Morgan fingerprint density at radius 1 is 1.04 bits per heavy atom. The molecule has 0 unspecified atom stereocenters. The van der Waals surface area contributed by atoms with Crippen molar-refractivity contribution < 1.29 is 14.3 Å². The maximum atomic E-state index is 12.7. The predicted molar refractivity (Wildman–Crippen MR) is 110 cm³/mol. The van der Waals surface area contributed by atoms with Gasteiger partial charge in [0.1, 0.15) is 5.75 Å². The second-order valence-electron chi connectivity index (χ2n) is 6.81. The minimum absolute atomic E-state index is 0.220. The Morgan fingerprint density at radius 3 is 2.48 bits per heavy atom. The maximum absolute atomic E-state index is 12.7. The summed E-state index contributed by atoms with van der Waals surface area (Å²) in [5.74, 6) is 0.894. The number of imide groups is 1. The summed E-state index contributed by atoms with van der Waals surface area (Å²) in [6.07, 6.45) is 2.41. The van der Waals surface area contributed by atoms with Gasteiger partial charge >= 0.3 is 0 Å². The maximum Gasteiger partial charge on any atom is 0.293 e. The first-order valence-corrected chi connectivity index (χ1v) is 9.87. The molecule has 4 nitrogen and oxygen atoms in total. The molecule has 1 fully saturated rings. The zero-order chi connectivity index (χ0) is 19.2. The van der Waals surface area contributed by atoms with Crippen LogP contribution in [0.5, 0.6) is 5.75 Å². The van der Waals surface area contributed by atoms with E-state index in [1.807, 2.05) is 54.6 Å². The van der Waals surface area contributed by atoms with Crippen molar-refractivity contribution in [1.82, 2.24) is 4.90 Å². The number of benzene rings is 2. The van der Waals surface area contributed by atoms with Crippen LogP contribution in [0.25, 0.3) is 6.08 Å². The Balaban J connectivity index is 1.73. The third-order valence-electron chi connectivity index (χ3n) is 4.12. The summed E-state index contributed by atoms with van der Waals surface area (Å²) >= 11 is 0.988. The molecular formula is C22H23NO3S. The zero-order valence-electron chi connectivity index (χ0n) is 15.6. The first-order valence-electron chi connectivity index (χ1n) is 9.05. The minimum atomic E-state index is -0.236. The third kappa shape index (κ3) is 5.01. The van der Waals surface area contributed by atoms with Crippen molar-refractivity contribution >= 4 is 29.0 Å². The fraction of sp³-hybridized carbons (Fsp3) is 0.273. The molecule has 1 saturated heterocycles. The van der Waals surface area contributed by atoms with Gasteiger partial charge < -0.3 is 4.74 Å². The lowest BCUT2D eigenvalue weighted by Gasteiger charge is -2.12. The van der Waals surface area contributed by atoms with Crippen molar-refractivity contribution in [2.45, 2.75) is 20.3 Å². The molecule has 0 aromatic heterocycles. The number of thioether (sulfide) groups is 1. The Kier molecular flexibility index (Phi) is 6.35. The summed E-state index contributed by atoms with van der Waals surface area (Å²) in [7, 11) is 0. The van der Waals surface area contributed by atoms with E-state index in [1.54, 1.807) is 6.08 Å². The molecule has 1 aliphatic heterocycles. The van der Waals surface area contributed by atoms with Crippen LogP contribution in [0.1, 0.15) is 25.0 Å². The van der Waals surface area contributed by atoms with Crippen molar-refractivity contribution in [3.63, 3.8) is 0 Å². The van der Waals surface area contributed by atoms with Crippen LogP contribution in [0.2, 0.25) is 0 Å². The van der Waals surface area contributed by atoms with Crippen molar-refractivity contribution in [3.8, 4) is 5.75 Å². The monoisotopic (exact) mass is 381 g/mol. The summed E-state index contributed by atoms with van der Waals surface area (Å²) < 4.78 is 5.84. The van der Waals surface area contributed by atoms with Crippen LogP contribution < -0.4 is 4.74 Å². The molecule has 1 heterocycles. The number of carbonyl (C=O) groups is 2. The highest BCUT2D eigenvalue weighted by atomic mass is 32.2. The molecule has 0 bridgehead atoms. The number of amides is 2. The van der Waals surface area contributed by atoms with Gasteiger partial charge in [-0.3, -0.25) is 14.5 Å². The van der Waals surface area contributed by atoms with Crippen LogP contribution in [0.4, 0.5) is 4.79 Å². The number of hydrogen-bond donors (Lipinski definition) is 0. The molecule has 0 saturated carbocycles. The predicted octanol–water partition coefficient (Wildman–Crippen LogP) is 5.00. The van der Waals surface area contributed by atoms with Gasteiger partial charge in [-0.05, 0) is 41.8 Å². The normalized spacial score (nSPS) is 15.8. The molecule has 2 aromatic rings. The third-order valence-corrected chi connectivity index (χ3v) is 5.03. The molecule has 5 heteroatoms. The quantitative estimate of drug-likeness (QED) is 0.633. The molecule has 0 N–H and O–H groups in total. The second kappa shape index (κ2) is 8.91. The Hall–Kier alpha value is -2.53. The topological polar surface area (TPSA) is 46.6 Å². The summed E-state index contributed by atoms with van der Waals surface area (Å²) in [4.78, 5) is 26.8. The van der Waals surface area contributed by atoms with Gasteiger partial charge in [-0.1, -0.05) is 62.4 Å². The first-order chi connectivity index (χ1) is 13.0. The fourth-order valence-electron chi connectivity index (χ4n) is 2.71. The number of nitrogens with zero attached hydrogens (tertiary/aromatic N) is 1. The van der Waals surface area contributed by atoms with Gasteiger partial charge in [0.2, 0.25) is 0 Å². The van der Waals surface area contributed by atoms with Crippen LogP contribution in [0.3, 0.4) is 0 Å². The summed E-state index contributed by atoms with van der Waals surface area (Å²) in [6, 6.07) is 17.4. The molecule has 140 valence electrons. The highest BCUT2D eigenvalue weighted by Gasteiger charge is 2.34.